The second-order valence-corrected chi connectivity index (χ2v) is 7.78. The van der Waals surface area contributed by atoms with Crippen molar-refractivity contribution in [3.05, 3.63) is 53.3 Å². The molecule has 1 atom stereocenters. The minimum Gasteiger partial charge on any atom is -0.378 e. The van der Waals surface area contributed by atoms with Crippen molar-refractivity contribution >= 4 is 35.8 Å². The van der Waals surface area contributed by atoms with Crippen LogP contribution in [0.3, 0.4) is 0 Å². The van der Waals surface area contributed by atoms with Gasteiger partial charge < -0.3 is 20.3 Å². The first-order valence-corrected chi connectivity index (χ1v) is 11.0. The van der Waals surface area contributed by atoms with E-state index in [0.717, 1.165) is 30.8 Å². The topological polar surface area (TPSA) is 83.8 Å². The normalized spacial score (nSPS) is 15.1. The van der Waals surface area contributed by atoms with Crippen LogP contribution in [0.1, 0.15) is 29.3 Å². The fourth-order valence-electron chi connectivity index (χ4n) is 3.79. The second kappa shape index (κ2) is 13.4. The van der Waals surface area contributed by atoms with E-state index in [9.17, 15) is 4.79 Å². The van der Waals surface area contributed by atoms with E-state index in [2.05, 4.69) is 33.7 Å². The molecule has 1 unspecified atom stereocenters. The number of nitrogens with one attached hydrogen (secondary N) is 2. The smallest absolute Gasteiger partial charge is 0.232 e. The standard InChI is InChI=1S/C23H34N6O2.HI/c1-18-16-19(2)29(27-18)11-7-10-25-23(24-3)26-17-21(20-8-5-4-6-9-20)22(30)28-12-14-31-15-13-28;/h4-6,8-9,16,21H,7,10-15,17H2,1-3H3,(H2,24,25,26);1H. The Kier molecular flexibility index (Phi) is 10.9. The fraction of sp³-hybridized carbons (Fsp3) is 0.522. The van der Waals surface area contributed by atoms with E-state index < -0.39 is 0 Å². The third-order valence-corrected chi connectivity index (χ3v) is 5.46. The molecule has 0 saturated carbocycles. The van der Waals surface area contributed by atoms with E-state index in [1.54, 1.807) is 7.05 Å². The summed E-state index contributed by atoms with van der Waals surface area (Å²) in [5, 5.41) is 11.2. The first-order chi connectivity index (χ1) is 15.1. The Morgan fingerprint density at radius 3 is 2.53 bits per heavy atom. The number of nitrogens with zero attached hydrogens (tertiary/aromatic N) is 4. The number of halogens is 1. The first kappa shape index (κ1) is 26.1. The summed E-state index contributed by atoms with van der Waals surface area (Å²) in [6.07, 6.45) is 0.928. The number of hydrogen-bond acceptors (Lipinski definition) is 4. The van der Waals surface area contributed by atoms with Crippen molar-refractivity contribution in [2.45, 2.75) is 32.7 Å². The summed E-state index contributed by atoms with van der Waals surface area (Å²) in [5.41, 5.74) is 3.22. The van der Waals surface area contributed by atoms with Gasteiger partial charge in [0.15, 0.2) is 5.96 Å². The number of benzene rings is 1. The van der Waals surface area contributed by atoms with E-state index in [1.165, 1.54) is 5.69 Å². The Morgan fingerprint density at radius 2 is 1.91 bits per heavy atom. The molecule has 1 aliphatic heterocycles. The lowest BCUT2D eigenvalue weighted by molar-refractivity contribution is -0.136. The number of aliphatic imine (C=N–C) groups is 1. The molecule has 176 valence electrons. The summed E-state index contributed by atoms with van der Waals surface area (Å²) in [4.78, 5) is 19.4. The Balaban J connectivity index is 0.00000363. The summed E-state index contributed by atoms with van der Waals surface area (Å²) in [5.74, 6) is 0.554. The van der Waals surface area contributed by atoms with E-state index in [-0.39, 0.29) is 35.8 Å². The highest BCUT2D eigenvalue weighted by Gasteiger charge is 2.27. The molecule has 0 bridgehead atoms. The van der Waals surface area contributed by atoms with Gasteiger partial charge in [0.1, 0.15) is 0 Å². The molecule has 1 aromatic heterocycles. The minimum absolute atomic E-state index is 0. The highest BCUT2D eigenvalue weighted by molar-refractivity contribution is 14.0. The molecule has 2 N–H and O–H groups in total. The zero-order chi connectivity index (χ0) is 22.1. The SMILES string of the molecule is CN=C(NCCCn1nc(C)cc1C)NCC(C(=O)N1CCOCC1)c1ccccc1.I. The Bertz CT molecular complexity index is 865. The zero-order valence-corrected chi connectivity index (χ0v) is 21.5. The number of guanidine groups is 1. The lowest BCUT2D eigenvalue weighted by atomic mass is 9.97. The number of carbonyl (C=O) groups is 1. The fourth-order valence-corrected chi connectivity index (χ4v) is 3.79. The molecule has 3 rings (SSSR count). The monoisotopic (exact) mass is 554 g/mol. The van der Waals surface area contributed by atoms with Gasteiger partial charge in [-0.05, 0) is 31.9 Å². The molecule has 1 aliphatic rings. The molecule has 1 amide bonds. The van der Waals surface area contributed by atoms with Crippen LogP contribution in [0.2, 0.25) is 0 Å². The maximum absolute atomic E-state index is 13.2. The molecule has 2 heterocycles. The molecular weight excluding hydrogens is 519 g/mol. The Labute approximate surface area is 207 Å². The minimum atomic E-state index is -0.271. The van der Waals surface area contributed by atoms with Crippen LogP contribution in [0.5, 0.6) is 0 Å². The van der Waals surface area contributed by atoms with Gasteiger partial charge in [-0.15, -0.1) is 24.0 Å². The van der Waals surface area contributed by atoms with Crippen LogP contribution in [0, 0.1) is 13.8 Å². The molecule has 2 aromatic rings. The van der Waals surface area contributed by atoms with Crippen LogP contribution >= 0.6 is 24.0 Å². The number of amides is 1. The maximum atomic E-state index is 13.2. The van der Waals surface area contributed by atoms with Crippen molar-refractivity contribution in [3.63, 3.8) is 0 Å². The lowest BCUT2D eigenvalue weighted by Crippen LogP contribution is -2.47. The average molecular weight is 554 g/mol. The molecular formula is C23H35IN6O2. The van der Waals surface area contributed by atoms with Gasteiger partial charge in [0.05, 0.1) is 24.8 Å². The van der Waals surface area contributed by atoms with Crippen molar-refractivity contribution < 1.29 is 9.53 Å². The highest BCUT2D eigenvalue weighted by atomic mass is 127. The van der Waals surface area contributed by atoms with Gasteiger partial charge in [-0.25, -0.2) is 0 Å². The van der Waals surface area contributed by atoms with Gasteiger partial charge in [-0.3, -0.25) is 14.5 Å². The number of rotatable bonds is 8. The number of ether oxygens (including phenoxy) is 1. The average Bonchev–Trinajstić information content (AvgIpc) is 3.13. The molecule has 1 fully saturated rings. The third kappa shape index (κ3) is 7.47. The number of aryl methyl sites for hydroxylation is 3. The van der Waals surface area contributed by atoms with Crippen LogP contribution in [0.4, 0.5) is 0 Å². The number of carbonyl (C=O) groups excluding carboxylic acids is 1. The maximum Gasteiger partial charge on any atom is 0.232 e. The summed E-state index contributed by atoms with van der Waals surface area (Å²) >= 11 is 0. The van der Waals surface area contributed by atoms with Gasteiger partial charge in [0.25, 0.3) is 0 Å². The summed E-state index contributed by atoms with van der Waals surface area (Å²) < 4.78 is 7.43. The van der Waals surface area contributed by atoms with Crippen molar-refractivity contribution in [2.75, 3.05) is 46.4 Å². The number of hydrogen-bond donors (Lipinski definition) is 2. The number of morpholine rings is 1. The molecule has 1 aromatic carbocycles. The quantitative estimate of drug-likeness (QED) is 0.227. The van der Waals surface area contributed by atoms with Crippen molar-refractivity contribution in [1.29, 1.82) is 0 Å². The molecule has 8 nitrogen and oxygen atoms in total. The predicted molar refractivity (Wildman–Crippen MR) is 138 cm³/mol. The largest absolute Gasteiger partial charge is 0.378 e. The van der Waals surface area contributed by atoms with Gasteiger partial charge in [-0.1, -0.05) is 30.3 Å². The van der Waals surface area contributed by atoms with E-state index in [4.69, 9.17) is 4.74 Å². The predicted octanol–water partition coefficient (Wildman–Crippen LogP) is 2.32. The molecule has 9 heteroatoms. The number of aromatic nitrogens is 2. The van der Waals surface area contributed by atoms with E-state index in [0.29, 0.717) is 38.8 Å². The third-order valence-electron chi connectivity index (χ3n) is 5.46. The summed E-state index contributed by atoms with van der Waals surface area (Å²) in [6, 6.07) is 12.0. The van der Waals surface area contributed by atoms with Crippen molar-refractivity contribution in [3.8, 4) is 0 Å². The summed E-state index contributed by atoms with van der Waals surface area (Å²) in [6.45, 7) is 8.66. The van der Waals surface area contributed by atoms with Crippen molar-refractivity contribution in [2.24, 2.45) is 4.99 Å². The highest BCUT2D eigenvalue weighted by Crippen LogP contribution is 2.18. The lowest BCUT2D eigenvalue weighted by Gasteiger charge is -2.31. The molecule has 1 saturated heterocycles. The van der Waals surface area contributed by atoms with Crippen LogP contribution in [0.15, 0.2) is 41.4 Å². The molecule has 0 aliphatic carbocycles. The molecule has 0 radical (unpaired) electrons. The van der Waals surface area contributed by atoms with Crippen LogP contribution in [-0.4, -0.2) is 73.0 Å². The van der Waals surface area contributed by atoms with E-state index in [1.807, 2.05) is 46.8 Å². The van der Waals surface area contributed by atoms with Crippen LogP contribution in [0.25, 0.3) is 0 Å². The first-order valence-electron chi connectivity index (χ1n) is 11.0. The second-order valence-electron chi connectivity index (χ2n) is 7.78. The summed E-state index contributed by atoms with van der Waals surface area (Å²) in [7, 11) is 1.75. The van der Waals surface area contributed by atoms with Gasteiger partial charge in [0.2, 0.25) is 5.91 Å². The molecule has 0 spiro atoms. The molecule has 32 heavy (non-hydrogen) atoms. The van der Waals surface area contributed by atoms with Crippen LogP contribution < -0.4 is 10.6 Å². The van der Waals surface area contributed by atoms with Gasteiger partial charge >= 0.3 is 0 Å². The van der Waals surface area contributed by atoms with Crippen molar-refractivity contribution in [1.82, 2.24) is 25.3 Å². The van der Waals surface area contributed by atoms with Crippen LogP contribution in [-0.2, 0) is 16.1 Å². The van der Waals surface area contributed by atoms with E-state index >= 15 is 0 Å². The Hall–Kier alpha value is -2.14. The van der Waals surface area contributed by atoms with Gasteiger partial charge in [0, 0.05) is 45.5 Å². The van der Waals surface area contributed by atoms with Gasteiger partial charge in [-0.2, -0.15) is 5.10 Å². The zero-order valence-electron chi connectivity index (χ0n) is 19.2. The Morgan fingerprint density at radius 1 is 1.19 bits per heavy atom.